The van der Waals surface area contributed by atoms with Crippen LogP contribution >= 0.6 is 0 Å². The molecule has 0 spiro atoms. The molecule has 0 aliphatic rings. The first-order valence-electron chi connectivity index (χ1n) is 6.08. The molecule has 0 saturated carbocycles. The lowest BCUT2D eigenvalue weighted by atomic mass is 10.1. The SMILES string of the molecule is COc1ccc(C(=O)N(C)CCC(C)C)cc1O. The van der Waals surface area contributed by atoms with Gasteiger partial charge in [-0.1, -0.05) is 13.8 Å². The highest BCUT2D eigenvalue weighted by atomic mass is 16.5. The molecule has 0 fully saturated rings. The Kier molecular flexibility index (Phi) is 5.01. The molecule has 1 N–H and O–H groups in total. The van der Waals surface area contributed by atoms with Crippen molar-refractivity contribution >= 4 is 5.91 Å². The molecule has 1 aromatic carbocycles. The average molecular weight is 251 g/mol. The summed E-state index contributed by atoms with van der Waals surface area (Å²) >= 11 is 0. The van der Waals surface area contributed by atoms with Crippen molar-refractivity contribution in [2.24, 2.45) is 5.92 Å². The summed E-state index contributed by atoms with van der Waals surface area (Å²) < 4.78 is 4.94. The molecule has 0 saturated heterocycles. The van der Waals surface area contributed by atoms with E-state index in [4.69, 9.17) is 4.74 Å². The van der Waals surface area contributed by atoms with E-state index in [1.54, 1.807) is 24.1 Å². The Morgan fingerprint density at radius 1 is 1.44 bits per heavy atom. The second-order valence-electron chi connectivity index (χ2n) is 4.80. The van der Waals surface area contributed by atoms with Gasteiger partial charge < -0.3 is 14.7 Å². The van der Waals surface area contributed by atoms with Crippen LogP contribution in [0.5, 0.6) is 11.5 Å². The summed E-state index contributed by atoms with van der Waals surface area (Å²) in [7, 11) is 3.25. The second kappa shape index (κ2) is 6.28. The fourth-order valence-electron chi connectivity index (χ4n) is 1.60. The molecule has 0 bridgehead atoms. The molecule has 0 radical (unpaired) electrons. The highest BCUT2D eigenvalue weighted by Gasteiger charge is 2.14. The number of hydrogen-bond donors (Lipinski definition) is 1. The maximum atomic E-state index is 12.1. The van der Waals surface area contributed by atoms with Crippen LogP contribution in [0.1, 0.15) is 30.6 Å². The lowest BCUT2D eigenvalue weighted by molar-refractivity contribution is 0.0788. The highest BCUT2D eigenvalue weighted by molar-refractivity contribution is 5.94. The van der Waals surface area contributed by atoms with E-state index in [-0.39, 0.29) is 11.7 Å². The predicted octanol–water partition coefficient (Wildman–Crippen LogP) is 2.52. The van der Waals surface area contributed by atoms with Crippen LogP contribution in [0.2, 0.25) is 0 Å². The quantitative estimate of drug-likeness (QED) is 0.874. The number of carbonyl (C=O) groups is 1. The van der Waals surface area contributed by atoms with Crippen LogP contribution in [0.4, 0.5) is 0 Å². The van der Waals surface area contributed by atoms with E-state index in [1.807, 2.05) is 0 Å². The monoisotopic (exact) mass is 251 g/mol. The third-order valence-electron chi connectivity index (χ3n) is 2.81. The Morgan fingerprint density at radius 3 is 2.61 bits per heavy atom. The standard InChI is InChI=1S/C14H21NO3/c1-10(2)7-8-15(3)14(17)11-5-6-13(18-4)12(16)9-11/h5-6,9-10,16H,7-8H2,1-4H3. The number of ether oxygens (including phenoxy) is 1. The predicted molar refractivity (Wildman–Crippen MR) is 71.1 cm³/mol. The number of amides is 1. The van der Waals surface area contributed by atoms with Crippen LogP contribution in [0.25, 0.3) is 0 Å². The van der Waals surface area contributed by atoms with Crippen molar-refractivity contribution in [3.63, 3.8) is 0 Å². The number of hydrogen-bond acceptors (Lipinski definition) is 3. The van der Waals surface area contributed by atoms with Gasteiger partial charge in [-0.15, -0.1) is 0 Å². The number of methoxy groups -OCH3 is 1. The van der Waals surface area contributed by atoms with Crippen molar-refractivity contribution in [2.75, 3.05) is 20.7 Å². The Balaban J connectivity index is 2.74. The number of carbonyl (C=O) groups excluding carboxylic acids is 1. The minimum atomic E-state index is -0.0893. The van der Waals surface area contributed by atoms with Gasteiger partial charge in [0.15, 0.2) is 11.5 Å². The molecular weight excluding hydrogens is 230 g/mol. The molecular formula is C14H21NO3. The van der Waals surface area contributed by atoms with Gasteiger partial charge in [-0.25, -0.2) is 0 Å². The number of phenols is 1. The van der Waals surface area contributed by atoms with Gasteiger partial charge in [0.05, 0.1) is 7.11 Å². The van der Waals surface area contributed by atoms with Gasteiger partial charge in [-0.2, -0.15) is 0 Å². The van der Waals surface area contributed by atoms with Gasteiger partial charge in [-0.3, -0.25) is 4.79 Å². The van der Waals surface area contributed by atoms with Gasteiger partial charge >= 0.3 is 0 Å². The fourth-order valence-corrected chi connectivity index (χ4v) is 1.60. The minimum absolute atomic E-state index is 0.0133. The molecule has 1 amide bonds. The number of benzene rings is 1. The van der Waals surface area contributed by atoms with Crippen molar-refractivity contribution in [3.05, 3.63) is 23.8 Å². The number of nitrogens with zero attached hydrogens (tertiary/aromatic N) is 1. The van der Waals surface area contributed by atoms with Gasteiger partial charge in [0.2, 0.25) is 0 Å². The summed E-state index contributed by atoms with van der Waals surface area (Å²) in [4.78, 5) is 13.8. The van der Waals surface area contributed by atoms with E-state index in [2.05, 4.69) is 13.8 Å². The van der Waals surface area contributed by atoms with Gasteiger partial charge in [0, 0.05) is 19.2 Å². The van der Waals surface area contributed by atoms with E-state index >= 15 is 0 Å². The first kappa shape index (κ1) is 14.4. The van der Waals surface area contributed by atoms with Crippen LogP contribution in [-0.2, 0) is 0 Å². The van der Waals surface area contributed by atoms with Gasteiger partial charge in [-0.05, 0) is 30.5 Å². The van der Waals surface area contributed by atoms with Crippen molar-refractivity contribution < 1.29 is 14.6 Å². The van der Waals surface area contributed by atoms with E-state index in [0.29, 0.717) is 23.8 Å². The summed E-state index contributed by atoms with van der Waals surface area (Å²) in [6, 6.07) is 4.69. The Bertz CT molecular complexity index is 416. The third kappa shape index (κ3) is 3.65. The molecule has 100 valence electrons. The maximum Gasteiger partial charge on any atom is 0.253 e. The van der Waals surface area contributed by atoms with E-state index < -0.39 is 0 Å². The summed E-state index contributed by atoms with van der Waals surface area (Å²) in [6.45, 7) is 4.96. The fraction of sp³-hybridized carbons (Fsp3) is 0.500. The topological polar surface area (TPSA) is 49.8 Å². The van der Waals surface area contributed by atoms with Crippen LogP contribution in [0.15, 0.2) is 18.2 Å². The molecule has 0 aliphatic carbocycles. The largest absolute Gasteiger partial charge is 0.504 e. The van der Waals surface area contributed by atoms with E-state index in [9.17, 15) is 9.90 Å². The van der Waals surface area contributed by atoms with Crippen molar-refractivity contribution in [1.82, 2.24) is 4.90 Å². The summed E-state index contributed by atoms with van der Waals surface area (Å²) in [5.74, 6) is 0.829. The maximum absolute atomic E-state index is 12.1. The highest BCUT2D eigenvalue weighted by Crippen LogP contribution is 2.26. The first-order chi connectivity index (χ1) is 8.45. The molecule has 4 heteroatoms. The number of rotatable bonds is 5. The van der Waals surface area contributed by atoms with Gasteiger partial charge in [0.25, 0.3) is 5.91 Å². The van der Waals surface area contributed by atoms with Crippen LogP contribution in [-0.4, -0.2) is 36.6 Å². The zero-order valence-corrected chi connectivity index (χ0v) is 11.4. The number of aromatic hydroxyl groups is 1. The zero-order valence-electron chi connectivity index (χ0n) is 11.4. The normalized spacial score (nSPS) is 10.5. The van der Waals surface area contributed by atoms with Crippen molar-refractivity contribution in [2.45, 2.75) is 20.3 Å². The molecule has 0 heterocycles. The molecule has 18 heavy (non-hydrogen) atoms. The molecule has 0 aromatic heterocycles. The molecule has 4 nitrogen and oxygen atoms in total. The molecule has 0 unspecified atom stereocenters. The van der Waals surface area contributed by atoms with Crippen LogP contribution in [0.3, 0.4) is 0 Å². The molecule has 1 aromatic rings. The minimum Gasteiger partial charge on any atom is -0.504 e. The third-order valence-corrected chi connectivity index (χ3v) is 2.81. The van der Waals surface area contributed by atoms with Crippen molar-refractivity contribution in [1.29, 1.82) is 0 Å². The second-order valence-corrected chi connectivity index (χ2v) is 4.80. The van der Waals surface area contributed by atoms with E-state index in [0.717, 1.165) is 6.42 Å². The smallest absolute Gasteiger partial charge is 0.253 e. The Labute approximate surface area is 108 Å². The number of phenolic OH excluding ortho intramolecular Hbond substituents is 1. The summed E-state index contributed by atoms with van der Waals surface area (Å²) in [6.07, 6.45) is 0.963. The van der Waals surface area contributed by atoms with Crippen molar-refractivity contribution in [3.8, 4) is 11.5 Å². The lowest BCUT2D eigenvalue weighted by Crippen LogP contribution is -2.28. The first-order valence-corrected chi connectivity index (χ1v) is 6.08. The Morgan fingerprint density at radius 2 is 2.11 bits per heavy atom. The van der Waals surface area contributed by atoms with E-state index in [1.165, 1.54) is 13.2 Å². The average Bonchev–Trinajstić information content (AvgIpc) is 2.34. The molecule has 0 aliphatic heterocycles. The van der Waals surface area contributed by atoms with Gasteiger partial charge in [0.1, 0.15) is 0 Å². The summed E-state index contributed by atoms with van der Waals surface area (Å²) in [5.41, 5.74) is 0.472. The molecule has 1 rings (SSSR count). The van der Waals surface area contributed by atoms with Crippen LogP contribution < -0.4 is 4.74 Å². The summed E-state index contributed by atoms with van der Waals surface area (Å²) in [5, 5.41) is 9.64. The Hall–Kier alpha value is -1.71. The lowest BCUT2D eigenvalue weighted by Gasteiger charge is -2.18. The molecule has 0 atom stereocenters. The zero-order chi connectivity index (χ0) is 13.7. The van der Waals surface area contributed by atoms with Crippen LogP contribution in [0, 0.1) is 5.92 Å².